The van der Waals surface area contributed by atoms with Crippen LogP contribution in [-0.4, -0.2) is 28.3 Å². The molecule has 4 N–H and O–H groups in total. The largest absolute Gasteiger partial charge is 0.383 e. The van der Waals surface area contributed by atoms with Crippen molar-refractivity contribution in [2.75, 3.05) is 24.2 Å². The summed E-state index contributed by atoms with van der Waals surface area (Å²) in [5, 5.41) is 2.98. The fourth-order valence-electron chi connectivity index (χ4n) is 1.95. The highest BCUT2D eigenvalue weighted by molar-refractivity contribution is 5.60. The van der Waals surface area contributed by atoms with Crippen LogP contribution < -0.4 is 22.3 Å². The zero-order valence-corrected chi connectivity index (χ0v) is 12.6. The Bertz CT molecular complexity index is 560. The van der Waals surface area contributed by atoms with Gasteiger partial charge in [-0.15, -0.1) is 0 Å². The van der Waals surface area contributed by atoms with Crippen molar-refractivity contribution >= 4 is 11.5 Å². The lowest BCUT2D eigenvalue weighted by Crippen LogP contribution is -2.38. The number of H-pyrrole nitrogens is 1. The summed E-state index contributed by atoms with van der Waals surface area (Å²) in [6.07, 6.45) is 0.750. The molecule has 0 fully saturated rings. The van der Waals surface area contributed by atoms with Gasteiger partial charge in [0.05, 0.1) is 5.60 Å². The molecule has 0 radical (unpaired) electrons. The first-order chi connectivity index (χ1) is 9.32. The maximum atomic E-state index is 11.8. The summed E-state index contributed by atoms with van der Waals surface area (Å²) >= 11 is 0. The van der Waals surface area contributed by atoms with Gasteiger partial charge in [-0.3, -0.25) is 14.3 Å². The molecule has 1 aromatic rings. The van der Waals surface area contributed by atoms with E-state index in [4.69, 9.17) is 10.5 Å². The minimum absolute atomic E-state index is 0.160. The molecule has 0 aromatic carbocycles. The van der Waals surface area contributed by atoms with Crippen molar-refractivity contribution in [3.05, 3.63) is 20.8 Å². The van der Waals surface area contributed by atoms with E-state index in [9.17, 15) is 9.59 Å². The van der Waals surface area contributed by atoms with Crippen molar-refractivity contribution in [1.29, 1.82) is 0 Å². The normalized spacial score (nSPS) is 11.6. The molecule has 1 rings (SSSR count). The number of hydrogen-bond donors (Lipinski definition) is 3. The van der Waals surface area contributed by atoms with Gasteiger partial charge < -0.3 is 15.8 Å². The van der Waals surface area contributed by atoms with Gasteiger partial charge in [-0.1, -0.05) is 6.92 Å². The summed E-state index contributed by atoms with van der Waals surface area (Å²) in [6, 6.07) is 0. The van der Waals surface area contributed by atoms with E-state index < -0.39 is 16.9 Å². The number of hydrogen-bond acceptors (Lipinski definition) is 5. The predicted octanol–water partition coefficient (Wildman–Crippen LogP) is 0.756. The first-order valence-corrected chi connectivity index (χ1v) is 6.82. The van der Waals surface area contributed by atoms with Gasteiger partial charge in [-0.2, -0.15) is 0 Å². The van der Waals surface area contributed by atoms with Crippen LogP contribution in [0.5, 0.6) is 0 Å². The molecule has 20 heavy (non-hydrogen) atoms. The number of nitrogens with two attached hydrogens (primary N) is 1. The summed E-state index contributed by atoms with van der Waals surface area (Å²) in [6.45, 7) is 9.12. The Balaban J connectivity index is 3.04. The maximum absolute atomic E-state index is 11.8. The summed E-state index contributed by atoms with van der Waals surface area (Å²) < 4.78 is 6.91. The third kappa shape index (κ3) is 3.86. The molecule has 0 bridgehead atoms. The number of aromatic amines is 1. The Morgan fingerprint density at radius 3 is 2.55 bits per heavy atom. The molecule has 0 spiro atoms. The van der Waals surface area contributed by atoms with Crippen LogP contribution in [0.3, 0.4) is 0 Å². The fourth-order valence-corrected chi connectivity index (χ4v) is 1.95. The van der Waals surface area contributed by atoms with E-state index >= 15 is 0 Å². The second-order valence-corrected chi connectivity index (χ2v) is 5.22. The summed E-state index contributed by atoms with van der Waals surface area (Å²) in [4.78, 5) is 25.8. The van der Waals surface area contributed by atoms with Crippen LogP contribution in [0.25, 0.3) is 0 Å². The lowest BCUT2D eigenvalue weighted by molar-refractivity contribution is 0.000687. The maximum Gasteiger partial charge on any atom is 0.330 e. The fraction of sp³-hybridized carbons (Fsp3) is 0.692. The van der Waals surface area contributed by atoms with Crippen LogP contribution in [0.1, 0.15) is 34.1 Å². The molecule has 0 aliphatic heterocycles. The van der Waals surface area contributed by atoms with Crippen molar-refractivity contribution < 1.29 is 4.74 Å². The van der Waals surface area contributed by atoms with Crippen molar-refractivity contribution in [2.24, 2.45) is 0 Å². The number of nitrogens with zero attached hydrogens (tertiary/aromatic N) is 1. The van der Waals surface area contributed by atoms with Crippen LogP contribution in [0.4, 0.5) is 11.5 Å². The van der Waals surface area contributed by atoms with E-state index in [0.29, 0.717) is 19.7 Å². The minimum Gasteiger partial charge on any atom is -0.383 e. The van der Waals surface area contributed by atoms with Crippen LogP contribution in [0.2, 0.25) is 0 Å². The van der Waals surface area contributed by atoms with E-state index in [1.807, 2.05) is 27.7 Å². The zero-order chi connectivity index (χ0) is 15.3. The van der Waals surface area contributed by atoms with Crippen LogP contribution in [0, 0.1) is 0 Å². The first-order valence-electron chi connectivity index (χ1n) is 6.82. The van der Waals surface area contributed by atoms with E-state index in [-0.39, 0.29) is 11.5 Å². The minimum atomic E-state index is -0.507. The second kappa shape index (κ2) is 6.60. The van der Waals surface area contributed by atoms with Crippen molar-refractivity contribution in [3.8, 4) is 0 Å². The van der Waals surface area contributed by atoms with Gasteiger partial charge in [-0.05, 0) is 27.2 Å². The summed E-state index contributed by atoms with van der Waals surface area (Å²) in [5.41, 5.74) is 4.71. The van der Waals surface area contributed by atoms with E-state index in [1.54, 1.807) is 0 Å². The molecule has 0 unspecified atom stereocenters. The van der Waals surface area contributed by atoms with E-state index in [0.717, 1.165) is 6.42 Å². The van der Waals surface area contributed by atoms with Gasteiger partial charge in [-0.25, -0.2) is 4.79 Å². The molecular formula is C13H24N4O3. The second-order valence-electron chi connectivity index (χ2n) is 5.22. The average molecular weight is 284 g/mol. The van der Waals surface area contributed by atoms with Gasteiger partial charge in [0.15, 0.2) is 0 Å². The standard InChI is InChI=1S/C13H24N4O3/c1-5-7-17-10(14)9(11(18)16-12(17)19)15-8-13(3,4)20-6-2/h15H,5-8,14H2,1-4H3,(H,16,18,19). The molecule has 114 valence electrons. The van der Waals surface area contributed by atoms with Gasteiger partial charge in [0, 0.05) is 19.7 Å². The average Bonchev–Trinajstić information content (AvgIpc) is 2.33. The molecule has 0 amide bonds. The van der Waals surface area contributed by atoms with Gasteiger partial charge in [0.2, 0.25) is 0 Å². The molecule has 0 saturated heterocycles. The highest BCUT2D eigenvalue weighted by atomic mass is 16.5. The number of anilines is 2. The zero-order valence-electron chi connectivity index (χ0n) is 12.6. The van der Waals surface area contributed by atoms with Crippen LogP contribution in [0.15, 0.2) is 9.59 Å². The molecule has 0 aliphatic carbocycles. The molecule has 1 aromatic heterocycles. The van der Waals surface area contributed by atoms with E-state index in [2.05, 4.69) is 10.3 Å². The number of ether oxygens (including phenoxy) is 1. The molecule has 0 saturated carbocycles. The van der Waals surface area contributed by atoms with Crippen LogP contribution in [-0.2, 0) is 11.3 Å². The highest BCUT2D eigenvalue weighted by Gasteiger charge is 2.19. The van der Waals surface area contributed by atoms with Gasteiger partial charge >= 0.3 is 5.69 Å². The van der Waals surface area contributed by atoms with Crippen molar-refractivity contribution in [2.45, 2.75) is 46.3 Å². The Labute approximate surface area is 118 Å². The smallest absolute Gasteiger partial charge is 0.330 e. The lowest BCUT2D eigenvalue weighted by Gasteiger charge is -2.25. The van der Waals surface area contributed by atoms with E-state index in [1.165, 1.54) is 4.57 Å². The highest BCUT2D eigenvalue weighted by Crippen LogP contribution is 2.14. The van der Waals surface area contributed by atoms with Gasteiger partial charge in [0.25, 0.3) is 5.56 Å². The predicted molar refractivity (Wildman–Crippen MR) is 80.2 cm³/mol. The third-order valence-corrected chi connectivity index (χ3v) is 2.91. The van der Waals surface area contributed by atoms with Crippen molar-refractivity contribution in [1.82, 2.24) is 9.55 Å². The van der Waals surface area contributed by atoms with Gasteiger partial charge in [0.1, 0.15) is 11.5 Å². The quantitative estimate of drug-likeness (QED) is 0.686. The molecule has 0 atom stereocenters. The SMILES string of the molecule is CCCn1c(N)c(NCC(C)(C)OCC)c(=O)[nH]c1=O. The molecular weight excluding hydrogens is 260 g/mol. The Morgan fingerprint density at radius 2 is 2.00 bits per heavy atom. The molecule has 7 heteroatoms. The topological polar surface area (TPSA) is 102 Å². The number of nitrogen functional groups attached to an aromatic ring is 1. The number of rotatable bonds is 7. The Kier molecular flexibility index (Phi) is 5.38. The molecule has 7 nitrogen and oxygen atoms in total. The number of aromatic nitrogens is 2. The van der Waals surface area contributed by atoms with Crippen molar-refractivity contribution in [3.63, 3.8) is 0 Å². The Hall–Kier alpha value is -1.76. The third-order valence-electron chi connectivity index (χ3n) is 2.91. The number of nitrogens with one attached hydrogen (secondary N) is 2. The molecule has 1 heterocycles. The molecule has 0 aliphatic rings. The lowest BCUT2D eigenvalue weighted by atomic mass is 10.1. The monoisotopic (exact) mass is 284 g/mol. The summed E-state index contributed by atoms with van der Waals surface area (Å²) in [5.74, 6) is 0.160. The summed E-state index contributed by atoms with van der Waals surface area (Å²) in [7, 11) is 0. The Morgan fingerprint density at radius 1 is 1.35 bits per heavy atom. The first kappa shape index (κ1) is 16.3. The van der Waals surface area contributed by atoms with Crippen LogP contribution >= 0.6 is 0 Å².